The minimum atomic E-state index is -4.49. The molecule has 0 radical (unpaired) electrons. The van der Waals surface area contributed by atoms with Gasteiger partial charge in [0.1, 0.15) is 20.5 Å². The molecule has 5 rings (SSSR count). The molecule has 40 heavy (non-hydrogen) atoms. The van der Waals surface area contributed by atoms with Crippen molar-refractivity contribution >= 4 is 37.7 Å². The van der Waals surface area contributed by atoms with Gasteiger partial charge < -0.3 is 4.74 Å². The Bertz CT molecular complexity index is 1860. The van der Waals surface area contributed by atoms with Crippen molar-refractivity contribution in [1.82, 2.24) is 23.2 Å². The molecular formula is C26H28FN5O6S2. The second kappa shape index (κ2) is 9.41. The van der Waals surface area contributed by atoms with Crippen LogP contribution in [-0.4, -0.2) is 48.9 Å². The van der Waals surface area contributed by atoms with E-state index in [2.05, 4.69) is 5.10 Å². The molecular weight excluding hydrogens is 561 g/mol. The normalized spacial score (nSPS) is 14.8. The molecule has 0 unspecified atom stereocenters. The third-order valence-corrected chi connectivity index (χ3v) is 9.99. The Balaban J connectivity index is 1.74. The summed E-state index contributed by atoms with van der Waals surface area (Å²) in [5.74, 6) is -0.531. The topological polar surface area (TPSA) is 125 Å². The van der Waals surface area contributed by atoms with E-state index in [1.807, 2.05) is 0 Å². The van der Waals surface area contributed by atoms with Crippen LogP contribution in [0.15, 0.2) is 56.5 Å². The van der Waals surface area contributed by atoms with Crippen LogP contribution in [0.25, 0.3) is 15.9 Å². The van der Waals surface area contributed by atoms with Gasteiger partial charge >= 0.3 is 11.8 Å². The van der Waals surface area contributed by atoms with Crippen LogP contribution in [-0.2, 0) is 28.4 Å². The Morgan fingerprint density at radius 3 is 2.40 bits per heavy atom. The Hall–Kier alpha value is -3.78. The molecule has 3 aromatic heterocycles. The minimum Gasteiger partial charge on any atom is -0.443 e. The summed E-state index contributed by atoms with van der Waals surface area (Å²) in [6.07, 6.45) is 3.05. The Labute approximate surface area is 233 Å². The van der Waals surface area contributed by atoms with Crippen molar-refractivity contribution in [3.63, 3.8) is 0 Å². The summed E-state index contributed by atoms with van der Waals surface area (Å²) in [6.45, 7) is 6.43. The number of benzene rings is 1. The summed E-state index contributed by atoms with van der Waals surface area (Å²) in [7, 11) is -2.80. The van der Waals surface area contributed by atoms with Gasteiger partial charge in [0.25, 0.3) is 15.6 Å². The fraction of sp³-hybridized carbons (Fsp3) is 0.385. The number of amides is 1. The molecule has 212 valence electrons. The first-order valence-corrected chi connectivity index (χ1v) is 14.7. The lowest BCUT2D eigenvalue weighted by molar-refractivity contribution is 0.0332. The molecule has 1 amide bonds. The van der Waals surface area contributed by atoms with Crippen LogP contribution in [0.3, 0.4) is 0 Å². The van der Waals surface area contributed by atoms with Crippen molar-refractivity contribution < 1.29 is 22.3 Å². The first-order chi connectivity index (χ1) is 18.6. The molecule has 11 nitrogen and oxygen atoms in total. The monoisotopic (exact) mass is 589 g/mol. The fourth-order valence-corrected chi connectivity index (χ4v) is 7.55. The predicted molar refractivity (Wildman–Crippen MR) is 147 cm³/mol. The molecule has 1 aliphatic rings. The summed E-state index contributed by atoms with van der Waals surface area (Å²) in [4.78, 5) is 40.5. The minimum absolute atomic E-state index is 0.0403. The lowest BCUT2D eigenvalue weighted by Crippen LogP contribution is -2.47. The number of hydrogen-bond acceptors (Lipinski definition) is 8. The zero-order chi connectivity index (χ0) is 29.2. The first-order valence-electron chi connectivity index (χ1n) is 12.4. The molecule has 0 bridgehead atoms. The highest BCUT2D eigenvalue weighted by molar-refractivity contribution is 7.92. The van der Waals surface area contributed by atoms with Gasteiger partial charge in [-0.05, 0) is 70.9 Å². The van der Waals surface area contributed by atoms with Gasteiger partial charge in [-0.2, -0.15) is 17.8 Å². The van der Waals surface area contributed by atoms with E-state index in [0.29, 0.717) is 29.7 Å². The molecule has 4 aromatic rings. The highest BCUT2D eigenvalue weighted by Crippen LogP contribution is 2.46. The Kier molecular flexibility index (Phi) is 6.53. The van der Waals surface area contributed by atoms with E-state index in [4.69, 9.17) is 4.74 Å². The van der Waals surface area contributed by atoms with Gasteiger partial charge in [-0.1, -0.05) is 0 Å². The third-order valence-electron chi connectivity index (χ3n) is 6.49. The van der Waals surface area contributed by atoms with E-state index >= 15 is 0 Å². The lowest BCUT2D eigenvalue weighted by atomic mass is 10.2. The van der Waals surface area contributed by atoms with E-state index in [0.717, 1.165) is 21.0 Å². The van der Waals surface area contributed by atoms with Crippen molar-refractivity contribution in [2.45, 2.75) is 62.4 Å². The van der Waals surface area contributed by atoms with E-state index in [1.54, 1.807) is 40.9 Å². The van der Waals surface area contributed by atoms with Gasteiger partial charge in [0.15, 0.2) is 0 Å². The number of aromatic nitrogens is 4. The van der Waals surface area contributed by atoms with E-state index in [9.17, 15) is 27.2 Å². The predicted octanol–water partition coefficient (Wildman–Crippen LogP) is 3.61. The molecule has 1 aliphatic carbocycles. The number of halogens is 1. The highest BCUT2D eigenvalue weighted by Gasteiger charge is 2.54. The van der Waals surface area contributed by atoms with Gasteiger partial charge in [0.2, 0.25) is 0 Å². The molecule has 0 spiro atoms. The lowest BCUT2D eigenvalue weighted by Gasteiger charge is -2.30. The fourth-order valence-electron chi connectivity index (χ4n) is 4.32. The average molecular weight is 590 g/mol. The summed E-state index contributed by atoms with van der Waals surface area (Å²) >= 11 is 0.687. The number of sulfonamides is 1. The number of fused-ring (bicyclic) bond motifs is 1. The van der Waals surface area contributed by atoms with E-state index in [1.165, 1.54) is 33.6 Å². The van der Waals surface area contributed by atoms with Gasteiger partial charge in [-0.15, -0.1) is 11.3 Å². The summed E-state index contributed by atoms with van der Waals surface area (Å²) in [6, 6.07) is 6.23. The molecule has 14 heteroatoms. The first kappa shape index (κ1) is 27.8. The van der Waals surface area contributed by atoms with Crippen LogP contribution in [0.1, 0.15) is 46.1 Å². The number of hydrogen-bond donors (Lipinski definition) is 0. The summed E-state index contributed by atoms with van der Waals surface area (Å²) in [5, 5.41) is 4.04. The maximum absolute atomic E-state index is 14.0. The van der Waals surface area contributed by atoms with Gasteiger partial charge in [-0.25, -0.2) is 14.0 Å². The summed E-state index contributed by atoms with van der Waals surface area (Å²) < 4.78 is 51.2. The smallest absolute Gasteiger partial charge is 0.424 e. The highest BCUT2D eigenvalue weighted by atomic mass is 32.2. The molecule has 1 saturated carbocycles. The summed E-state index contributed by atoms with van der Waals surface area (Å²) in [5.41, 5.74) is -2.56. The standard InChI is InChI=1S/C26H28FN5O6S2/c1-25(2,3)38-24(35)32(26(4)10-11-26)40(36,37)20-12-19-21(33)30(15-16-13-28-29(5)14-16)23(34)31(22(19)39-20)18-8-6-17(27)7-9-18/h6-9,12-14H,10-11,15H2,1-5H3. The zero-order valence-electron chi connectivity index (χ0n) is 22.5. The quantitative estimate of drug-likeness (QED) is 0.336. The Morgan fingerprint density at radius 1 is 1.20 bits per heavy atom. The molecule has 0 atom stereocenters. The largest absolute Gasteiger partial charge is 0.443 e. The number of aryl methyl sites for hydroxylation is 1. The van der Waals surface area contributed by atoms with Crippen molar-refractivity contribution in [2.75, 3.05) is 0 Å². The van der Waals surface area contributed by atoms with Gasteiger partial charge in [0.05, 0.1) is 29.4 Å². The Morgan fingerprint density at radius 2 is 1.85 bits per heavy atom. The van der Waals surface area contributed by atoms with Gasteiger partial charge in [0, 0.05) is 18.8 Å². The van der Waals surface area contributed by atoms with Crippen LogP contribution in [0, 0.1) is 5.82 Å². The molecule has 3 heterocycles. The number of thiophene rings is 1. The van der Waals surface area contributed by atoms with E-state index < -0.39 is 44.3 Å². The number of rotatable bonds is 6. The third kappa shape index (κ3) is 4.96. The second-order valence-electron chi connectivity index (χ2n) is 11.0. The number of ether oxygens (including phenoxy) is 1. The van der Waals surface area contributed by atoms with Crippen molar-refractivity contribution in [3.8, 4) is 5.69 Å². The van der Waals surface area contributed by atoms with E-state index in [-0.39, 0.29) is 26.7 Å². The van der Waals surface area contributed by atoms with Crippen LogP contribution >= 0.6 is 11.3 Å². The number of nitrogens with zero attached hydrogens (tertiary/aromatic N) is 5. The molecule has 0 aliphatic heterocycles. The zero-order valence-corrected chi connectivity index (χ0v) is 24.2. The van der Waals surface area contributed by atoms with Crippen LogP contribution in [0.4, 0.5) is 9.18 Å². The molecule has 0 N–H and O–H groups in total. The number of carbonyl (C=O) groups excluding carboxylic acids is 1. The SMILES string of the molecule is Cn1cc(Cn2c(=O)c3cc(S(=O)(=O)N(C(=O)OC(C)(C)C)C4(C)CC4)sc3n(-c3ccc(F)cc3)c2=O)cn1. The number of carbonyl (C=O) groups is 1. The average Bonchev–Trinajstić information content (AvgIpc) is 3.23. The van der Waals surface area contributed by atoms with Crippen LogP contribution < -0.4 is 11.2 Å². The van der Waals surface area contributed by atoms with Crippen molar-refractivity contribution in [2.24, 2.45) is 7.05 Å². The molecule has 0 saturated heterocycles. The molecule has 1 aromatic carbocycles. The van der Waals surface area contributed by atoms with Crippen molar-refractivity contribution in [3.05, 3.63) is 74.9 Å². The van der Waals surface area contributed by atoms with Crippen LogP contribution in [0.5, 0.6) is 0 Å². The van der Waals surface area contributed by atoms with Crippen LogP contribution in [0.2, 0.25) is 0 Å². The molecule has 1 fully saturated rings. The second-order valence-corrected chi connectivity index (χ2v) is 14.1. The van der Waals surface area contributed by atoms with Gasteiger partial charge in [-0.3, -0.25) is 18.6 Å². The van der Waals surface area contributed by atoms with Crippen molar-refractivity contribution in [1.29, 1.82) is 0 Å². The maximum Gasteiger partial charge on any atom is 0.424 e. The maximum atomic E-state index is 14.0.